The summed E-state index contributed by atoms with van der Waals surface area (Å²) < 4.78 is 0. The van der Waals surface area contributed by atoms with E-state index >= 15 is 0 Å². The number of fused-ring (bicyclic) bond motifs is 3. The van der Waals surface area contributed by atoms with Gasteiger partial charge in [-0.2, -0.15) is 0 Å². The lowest BCUT2D eigenvalue weighted by atomic mass is 9.93. The molecule has 1 aromatic heterocycles. The smallest absolute Gasteiger partial charge is 0.0704 e. The van der Waals surface area contributed by atoms with Crippen molar-refractivity contribution in [3.8, 4) is 22.4 Å². The summed E-state index contributed by atoms with van der Waals surface area (Å²) in [6.07, 6.45) is 1.87. The molecule has 27 heavy (non-hydrogen) atoms. The maximum absolute atomic E-state index is 4.50. The van der Waals surface area contributed by atoms with E-state index in [4.69, 9.17) is 0 Å². The van der Waals surface area contributed by atoms with Gasteiger partial charge in [0.2, 0.25) is 0 Å². The first kappa shape index (κ1) is 15.8. The van der Waals surface area contributed by atoms with E-state index in [0.717, 1.165) is 11.3 Å². The van der Waals surface area contributed by atoms with E-state index in [1.165, 1.54) is 38.2 Å². The maximum atomic E-state index is 4.50. The summed E-state index contributed by atoms with van der Waals surface area (Å²) >= 11 is 0. The Balaban J connectivity index is 1.69. The molecule has 0 bridgehead atoms. The number of hydrogen-bond acceptors (Lipinski definition) is 1. The third-order valence-electron chi connectivity index (χ3n) is 5.18. The number of rotatable bonds is 2. The molecule has 0 aliphatic heterocycles. The Labute approximate surface area is 158 Å². The standard InChI is InChI=1S/C26H19N/c1-18-14-15-27-26(16-18)20-12-10-19(11-13-20)25-17-21-6-2-3-7-22(21)23-8-4-5-9-24(23)25/h2-17H,1H3. The van der Waals surface area contributed by atoms with Crippen molar-refractivity contribution in [1.82, 2.24) is 4.98 Å². The van der Waals surface area contributed by atoms with Gasteiger partial charge in [-0.05, 0) is 63.4 Å². The van der Waals surface area contributed by atoms with Crippen LogP contribution in [0, 0.1) is 6.92 Å². The maximum Gasteiger partial charge on any atom is 0.0704 e. The second-order valence-electron chi connectivity index (χ2n) is 6.99. The molecule has 0 radical (unpaired) electrons. The summed E-state index contributed by atoms with van der Waals surface area (Å²) in [6, 6.07) is 32.5. The van der Waals surface area contributed by atoms with E-state index in [1.807, 2.05) is 12.3 Å². The molecule has 1 heteroatoms. The monoisotopic (exact) mass is 345 g/mol. The van der Waals surface area contributed by atoms with Gasteiger partial charge in [-0.1, -0.05) is 72.8 Å². The van der Waals surface area contributed by atoms with Gasteiger partial charge in [0.1, 0.15) is 0 Å². The summed E-state index contributed by atoms with van der Waals surface area (Å²) in [5.41, 5.74) is 5.89. The molecule has 128 valence electrons. The number of aromatic nitrogens is 1. The molecule has 0 amide bonds. The predicted octanol–water partition coefficient (Wildman–Crippen LogP) is 7.03. The summed E-state index contributed by atoms with van der Waals surface area (Å²) in [6.45, 7) is 2.10. The van der Waals surface area contributed by atoms with Crippen molar-refractivity contribution < 1.29 is 0 Å². The average Bonchev–Trinajstić information content (AvgIpc) is 2.73. The van der Waals surface area contributed by atoms with Crippen LogP contribution in [0.2, 0.25) is 0 Å². The predicted molar refractivity (Wildman–Crippen MR) is 115 cm³/mol. The lowest BCUT2D eigenvalue weighted by molar-refractivity contribution is 1.29. The zero-order valence-electron chi connectivity index (χ0n) is 15.2. The highest BCUT2D eigenvalue weighted by Crippen LogP contribution is 2.35. The summed E-state index contributed by atoms with van der Waals surface area (Å²) in [5.74, 6) is 0. The van der Waals surface area contributed by atoms with E-state index in [9.17, 15) is 0 Å². The van der Waals surface area contributed by atoms with Crippen LogP contribution in [-0.4, -0.2) is 4.98 Å². The van der Waals surface area contributed by atoms with Crippen LogP contribution in [0.1, 0.15) is 5.56 Å². The summed E-state index contributed by atoms with van der Waals surface area (Å²) in [4.78, 5) is 4.50. The van der Waals surface area contributed by atoms with Gasteiger partial charge in [-0.3, -0.25) is 4.98 Å². The van der Waals surface area contributed by atoms with Gasteiger partial charge in [0.25, 0.3) is 0 Å². The largest absolute Gasteiger partial charge is 0.256 e. The van der Waals surface area contributed by atoms with Gasteiger partial charge < -0.3 is 0 Å². The van der Waals surface area contributed by atoms with Crippen molar-refractivity contribution in [2.24, 2.45) is 0 Å². The van der Waals surface area contributed by atoms with Crippen LogP contribution in [0.25, 0.3) is 43.9 Å². The number of benzene rings is 4. The third-order valence-corrected chi connectivity index (χ3v) is 5.18. The Kier molecular flexibility index (Phi) is 3.72. The summed E-state index contributed by atoms with van der Waals surface area (Å²) in [5, 5.41) is 5.17. The van der Waals surface area contributed by atoms with Crippen LogP contribution in [0.4, 0.5) is 0 Å². The molecule has 0 saturated heterocycles. The Morgan fingerprint density at radius 2 is 1.26 bits per heavy atom. The lowest BCUT2D eigenvalue weighted by Crippen LogP contribution is -1.87. The van der Waals surface area contributed by atoms with E-state index in [2.05, 4.69) is 96.8 Å². The van der Waals surface area contributed by atoms with E-state index in [0.29, 0.717) is 0 Å². The van der Waals surface area contributed by atoms with Gasteiger partial charge >= 0.3 is 0 Å². The molecular weight excluding hydrogens is 326 g/mol. The molecule has 0 unspecified atom stereocenters. The Morgan fingerprint density at radius 1 is 0.593 bits per heavy atom. The molecule has 5 rings (SSSR count). The molecule has 0 N–H and O–H groups in total. The van der Waals surface area contributed by atoms with Crippen LogP contribution in [0.5, 0.6) is 0 Å². The van der Waals surface area contributed by atoms with E-state index in [1.54, 1.807) is 0 Å². The quantitative estimate of drug-likeness (QED) is 0.313. The SMILES string of the molecule is Cc1ccnc(-c2ccc(-c3cc4ccccc4c4ccccc34)cc2)c1. The second kappa shape index (κ2) is 6.37. The zero-order chi connectivity index (χ0) is 18.2. The van der Waals surface area contributed by atoms with E-state index in [-0.39, 0.29) is 0 Å². The normalized spacial score (nSPS) is 11.1. The first-order valence-corrected chi connectivity index (χ1v) is 9.23. The Morgan fingerprint density at radius 3 is 2.04 bits per heavy atom. The average molecular weight is 345 g/mol. The highest BCUT2D eigenvalue weighted by molar-refractivity contribution is 6.13. The first-order valence-electron chi connectivity index (χ1n) is 9.23. The summed E-state index contributed by atoms with van der Waals surface area (Å²) in [7, 11) is 0. The van der Waals surface area contributed by atoms with Crippen molar-refractivity contribution in [3.05, 3.63) is 103 Å². The molecule has 0 saturated carbocycles. The van der Waals surface area contributed by atoms with Crippen molar-refractivity contribution in [2.45, 2.75) is 6.92 Å². The minimum absolute atomic E-state index is 1.02. The lowest BCUT2D eigenvalue weighted by Gasteiger charge is -2.11. The van der Waals surface area contributed by atoms with Crippen LogP contribution in [-0.2, 0) is 0 Å². The highest BCUT2D eigenvalue weighted by atomic mass is 14.7. The fourth-order valence-corrected chi connectivity index (χ4v) is 3.81. The molecule has 0 spiro atoms. The zero-order valence-corrected chi connectivity index (χ0v) is 15.2. The van der Waals surface area contributed by atoms with Crippen LogP contribution in [0.15, 0.2) is 97.2 Å². The van der Waals surface area contributed by atoms with Crippen LogP contribution < -0.4 is 0 Å². The molecule has 0 atom stereocenters. The van der Waals surface area contributed by atoms with E-state index < -0.39 is 0 Å². The van der Waals surface area contributed by atoms with Gasteiger partial charge in [-0.25, -0.2) is 0 Å². The van der Waals surface area contributed by atoms with Gasteiger partial charge in [0.05, 0.1) is 5.69 Å². The molecule has 0 fully saturated rings. The molecule has 0 aliphatic rings. The Bertz CT molecular complexity index is 1270. The second-order valence-corrected chi connectivity index (χ2v) is 6.99. The number of nitrogens with zero attached hydrogens (tertiary/aromatic N) is 1. The minimum atomic E-state index is 1.02. The fraction of sp³-hybridized carbons (Fsp3) is 0.0385. The molecule has 1 heterocycles. The van der Waals surface area contributed by atoms with Crippen molar-refractivity contribution in [3.63, 3.8) is 0 Å². The number of hydrogen-bond donors (Lipinski definition) is 0. The molecule has 1 nitrogen and oxygen atoms in total. The highest BCUT2D eigenvalue weighted by Gasteiger charge is 2.08. The van der Waals surface area contributed by atoms with Gasteiger partial charge in [0.15, 0.2) is 0 Å². The Hall–Kier alpha value is -3.45. The number of aryl methyl sites for hydroxylation is 1. The van der Waals surface area contributed by atoms with Crippen molar-refractivity contribution >= 4 is 21.5 Å². The first-order chi connectivity index (χ1) is 13.3. The minimum Gasteiger partial charge on any atom is -0.256 e. The molecular formula is C26H19N. The van der Waals surface area contributed by atoms with Crippen LogP contribution in [0.3, 0.4) is 0 Å². The van der Waals surface area contributed by atoms with Crippen molar-refractivity contribution in [2.75, 3.05) is 0 Å². The van der Waals surface area contributed by atoms with Crippen molar-refractivity contribution in [1.29, 1.82) is 0 Å². The molecule has 5 aromatic rings. The van der Waals surface area contributed by atoms with Gasteiger partial charge in [0, 0.05) is 11.8 Å². The fourth-order valence-electron chi connectivity index (χ4n) is 3.81. The third kappa shape index (κ3) is 2.78. The molecule has 0 aliphatic carbocycles. The van der Waals surface area contributed by atoms with Crippen LogP contribution >= 0.6 is 0 Å². The number of pyridine rings is 1. The topological polar surface area (TPSA) is 12.9 Å². The van der Waals surface area contributed by atoms with Gasteiger partial charge in [-0.15, -0.1) is 0 Å². The molecule has 4 aromatic carbocycles.